The molecule has 150 valence electrons. The molecule has 2 fully saturated rings. The van der Waals surface area contributed by atoms with Gasteiger partial charge in [0.05, 0.1) is 19.1 Å². The topological polar surface area (TPSA) is 71.7 Å². The van der Waals surface area contributed by atoms with Gasteiger partial charge in [-0.2, -0.15) is 4.98 Å². The Morgan fingerprint density at radius 2 is 1.86 bits per heavy atom. The fourth-order valence-corrected chi connectivity index (χ4v) is 4.15. The summed E-state index contributed by atoms with van der Waals surface area (Å²) in [6.45, 7) is 5.13. The number of piperazine rings is 1. The van der Waals surface area contributed by atoms with Crippen LogP contribution < -0.4 is 4.74 Å². The highest BCUT2D eigenvalue weighted by atomic mass is 35.5. The van der Waals surface area contributed by atoms with Crippen molar-refractivity contribution in [1.82, 2.24) is 19.9 Å². The van der Waals surface area contributed by atoms with E-state index in [9.17, 15) is 4.79 Å². The van der Waals surface area contributed by atoms with Gasteiger partial charge in [0, 0.05) is 31.7 Å². The smallest absolute Gasteiger partial charge is 0.241 e. The van der Waals surface area contributed by atoms with Gasteiger partial charge in [0.1, 0.15) is 10.1 Å². The van der Waals surface area contributed by atoms with Crippen LogP contribution in [-0.2, 0) is 11.3 Å². The third-order valence-corrected chi connectivity index (χ3v) is 6.67. The van der Waals surface area contributed by atoms with E-state index >= 15 is 0 Å². The Morgan fingerprint density at radius 1 is 1.21 bits per heavy atom. The quantitative estimate of drug-likeness (QED) is 0.686. The number of ether oxygens (including phenoxy) is 1. The average Bonchev–Trinajstić information content (AvgIpc) is 3.02. The molecular formula is C19H22Cl2N4O3. The van der Waals surface area contributed by atoms with Crippen LogP contribution in [0.3, 0.4) is 0 Å². The SMILES string of the molecule is COc1ccc(-c2noc(CN3CCN(C(=O)C4(C)CC4(Cl)Cl)CC3)n2)cc1. The zero-order chi connectivity index (χ0) is 19.9. The normalized spacial score (nSPS) is 24.2. The van der Waals surface area contributed by atoms with E-state index in [1.165, 1.54) is 0 Å². The number of benzene rings is 1. The van der Waals surface area contributed by atoms with Crippen LogP contribution in [0.5, 0.6) is 5.75 Å². The van der Waals surface area contributed by atoms with Crippen molar-refractivity contribution in [2.75, 3.05) is 33.3 Å². The minimum atomic E-state index is -0.928. The van der Waals surface area contributed by atoms with Gasteiger partial charge in [-0.05, 0) is 37.6 Å². The molecule has 7 nitrogen and oxygen atoms in total. The highest BCUT2D eigenvalue weighted by Gasteiger charge is 2.68. The maximum atomic E-state index is 12.7. The van der Waals surface area contributed by atoms with Crippen LogP contribution in [0.2, 0.25) is 0 Å². The summed E-state index contributed by atoms with van der Waals surface area (Å²) < 4.78 is 9.63. The minimum Gasteiger partial charge on any atom is -0.497 e. The first-order chi connectivity index (χ1) is 13.3. The number of aromatic nitrogens is 2. The second-order valence-corrected chi connectivity index (χ2v) is 9.01. The van der Waals surface area contributed by atoms with Gasteiger partial charge >= 0.3 is 0 Å². The Balaban J connectivity index is 1.32. The first-order valence-corrected chi connectivity index (χ1v) is 9.94. The van der Waals surface area contributed by atoms with Crippen molar-refractivity contribution in [3.63, 3.8) is 0 Å². The highest BCUT2D eigenvalue weighted by Crippen LogP contribution is 2.64. The van der Waals surface area contributed by atoms with Crippen molar-refractivity contribution in [3.8, 4) is 17.1 Å². The molecule has 0 spiro atoms. The summed E-state index contributed by atoms with van der Waals surface area (Å²) in [5, 5.41) is 4.06. The van der Waals surface area contributed by atoms with E-state index in [-0.39, 0.29) is 5.91 Å². The second-order valence-electron chi connectivity index (χ2n) is 7.52. The number of hydrogen-bond donors (Lipinski definition) is 0. The second kappa shape index (κ2) is 7.21. The lowest BCUT2D eigenvalue weighted by Crippen LogP contribution is -2.50. The van der Waals surface area contributed by atoms with Gasteiger partial charge in [0.15, 0.2) is 0 Å². The molecule has 1 saturated heterocycles. The van der Waals surface area contributed by atoms with Crippen LogP contribution in [0.4, 0.5) is 0 Å². The molecule has 28 heavy (non-hydrogen) atoms. The van der Waals surface area contributed by atoms with Crippen LogP contribution in [0.15, 0.2) is 28.8 Å². The van der Waals surface area contributed by atoms with Crippen LogP contribution in [0.25, 0.3) is 11.4 Å². The van der Waals surface area contributed by atoms with E-state index in [0.717, 1.165) is 24.4 Å². The molecule has 4 rings (SSSR count). The molecule has 1 aliphatic carbocycles. The number of hydrogen-bond acceptors (Lipinski definition) is 6. The van der Waals surface area contributed by atoms with E-state index in [0.29, 0.717) is 37.8 Å². The molecule has 1 saturated carbocycles. The first kappa shape index (κ1) is 19.5. The Labute approximate surface area is 173 Å². The maximum Gasteiger partial charge on any atom is 0.241 e. The number of methoxy groups -OCH3 is 1. The molecule has 1 aromatic heterocycles. The summed E-state index contributed by atoms with van der Waals surface area (Å²) in [5.74, 6) is 1.92. The molecule has 2 aromatic rings. The zero-order valence-electron chi connectivity index (χ0n) is 15.8. The van der Waals surface area contributed by atoms with Crippen molar-refractivity contribution in [2.45, 2.75) is 24.2 Å². The van der Waals surface area contributed by atoms with Gasteiger partial charge in [-0.15, -0.1) is 23.2 Å². The van der Waals surface area contributed by atoms with E-state index in [1.54, 1.807) is 7.11 Å². The monoisotopic (exact) mass is 424 g/mol. The fraction of sp³-hybridized carbons (Fsp3) is 0.526. The Morgan fingerprint density at radius 3 is 2.43 bits per heavy atom. The van der Waals surface area contributed by atoms with Crippen LogP contribution in [0, 0.1) is 5.41 Å². The lowest BCUT2D eigenvalue weighted by Gasteiger charge is -2.35. The summed E-state index contributed by atoms with van der Waals surface area (Å²) in [6.07, 6.45) is 0.512. The van der Waals surface area contributed by atoms with Gasteiger partial charge in [-0.1, -0.05) is 5.16 Å². The Kier molecular flexibility index (Phi) is 5.02. The minimum absolute atomic E-state index is 0.0386. The average molecular weight is 425 g/mol. The predicted octanol–water partition coefficient (Wildman–Crippen LogP) is 2.97. The van der Waals surface area contributed by atoms with Gasteiger partial charge in [-0.25, -0.2) is 0 Å². The number of carbonyl (C=O) groups excluding carboxylic acids is 1. The molecule has 2 aliphatic rings. The van der Waals surface area contributed by atoms with Crippen molar-refractivity contribution < 1.29 is 14.1 Å². The third kappa shape index (κ3) is 3.58. The number of amides is 1. The predicted molar refractivity (Wildman–Crippen MR) is 105 cm³/mol. The molecule has 0 bridgehead atoms. The standard InChI is InChI=1S/C19H22Cl2N4O3/c1-18(12-19(18,20)21)17(26)25-9-7-24(8-10-25)11-15-22-16(23-28-15)13-3-5-14(27-2)6-4-13/h3-6H,7-12H2,1-2H3. The number of carbonyl (C=O) groups is 1. The zero-order valence-corrected chi connectivity index (χ0v) is 17.3. The van der Waals surface area contributed by atoms with Gasteiger partial charge in [0.25, 0.3) is 0 Å². The van der Waals surface area contributed by atoms with E-state index in [1.807, 2.05) is 36.1 Å². The van der Waals surface area contributed by atoms with Gasteiger partial charge in [-0.3, -0.25) is 9.69 Å². The molecule has 0 radical (unpaired) electrons. The van der Waals surface area contributed by atoms with Crippen LogP contribution in [0.1, 0.15) is 19.2 Å². The van der Waals surface area contributed by atoms with E-state index in [4.69, 9.17) is 32.5 Å². The van der Waals surface area contributed by atoms with E-state index < -0.39 is 9.75 Å². The molecule has 1 aliphatic heterocycles. The lowest BCUT2D eigenvalue weighted by atomic mass is 10.1. The Hall–Kier alpha value is -1.83. The van der Waals surface area contributed by atoms with Crippen molar-refractivity contribution in [1.29, 1.82) is 0 Å². The van der Waals surface area contributed by atoms with Crippen molar-refractivity contribution in [2.24, 2.45) is 5.41 Å². The molecular weight excluding hydrogens is 403 g/mol. The van der Waals surface area contributed by atoms with Crippen LogP contribution in [-0.4, -0.2) is 63.5 Å². The lowest BCUT2D eigenvalue weighted by molar-refractivity contribution is -0.138. The molecule has 1 atom stereocenters. The summed E-state index contributed by atoms with van der Waals surface area (Å²) >= 11 is 12.3. The van der Waals surface area contributed by atoms with Gasteiger partial charge < -0.3 is 14.2 Å². The molecule has 1 aromatic carbocycles. The van der Waals surface area contributed by atoms with Crippen LogP contribution >= 0.6 is 23.2 Å². The number of halogens is 2. The highest BCUT2D eigenvalue weighted by molar-refractivity contribution is 6.53. The largest absolute Gasteiger partial charge is 0.497 e. The fourth-order valence-electron chi connectivity index (χ4n) is 3.46. The molecule has 1 amide bonds. The first-order valence-electron chi connectivity index (χ1n) is 9.19. The van der Waals surface area contributed by atoms with Crippen molar-refractivity contribution >= 4 is 29.1 Å². The summed E-state index contributed by atoms with van der Waals surface area (Å²) in [5.41, 5.74) is 0.215. The molecule has 1 unspecified atom stereocenters. The summed E-state index contributed by atoms with van der Waals surface area (Å²) in [7, 11) is 1.63. The van der Waals surface area contributed by atoms with E-state index in [2.05, 4.69) is 15.0 Å². The summed E-state index contributed by atoms with van der Waals surface area (Å²) in [4.78, 5) is 21.2. The molecule has 9 heteroatoms. The molecule has 0 N–H and O–H groups in total. The molecule has 2 heterocycles. The van der Waals surface area contributed by atoms with Gasteiger partial charge in [0.2, 0.25) is 17.6 Å². The van der Waals surface area contributed by atoms with Crippen molar-refractivity contribution in [3.05, 3.63) is 30.2 Å². The summed E-state index contributed by atoms with van der Waals surface area (Å²) in [6, 6.07) is 7.50. The number of nitrogens with zero attached hydrogens (tertiary/aromatic N) is 4. The Bertz CT molecular complexity index is 862. The number of rotatable bonds is 5. The number of alkyl halides is 2. The third-order valence-electron chi connectivity index (χ3n) is 5.56. The maximum absolute atomic E-state index is 12.7.